The first kappa shape index (κ1) is 16.1. The Labute approximate surface area is 103 Å². The summed E-state index contributed by atoms with van der Waals surface area (Å²) < 4.78 is 4.78. The van der Waals surface area contributed by atoms with Crippen LogP contribution in [0.3, 0.4) is 0 Å². The minimum absolute atomic E-state index is 0.116. The molecule has 2 N–H and O–H groups in total. The van der Waals surface area contributed by atoms with Crippen molar-refractivity contribution in [1.29, 1.82) is 0 Å². The lowest BCUT2D eigenvalue weighted by molar-refractivity contribution is -0.147. The van der Waals surface area contributed by atoms with Crippen molar-refractivity contribution in [3.8, 4) is 0 Å². The maximum Gasteiger partial charge on any atom is 0.305 e. The van der Waals surface area contributed by atoms with E-state index in [1.807, 2.05) is 6.08 Å². The first-order valence-electron chi connectivity index (χ1n) is 6.26. The summed E-state index contributed by atoms with van der Waals surface area (Å²) in [6.45, 7) is 3.17. The van der Waals surface area contributed by atoms with E-state index in [1.165, 1.54) is 6.42 Å². The topological polar surface area (TPSA) is 66.8 Å². The molecular weight excluding hydrogens is 220 g/mol. The molecule has 0 bridgehead atoms. The van der Waals surface area contributed by atoms with Gasteiger partial charge in [-0.05, 0) is 19.3 Å². The van der Waals surface area contributed by atoms with Crippen LogP contribution in [0.1, 0.15) is 44.9 Å². The number of hydrogen-bond acceptors (Lipinski definition) is 4. The van der Waals surface area contributed by atoms with E-state index in [0.29, 0.717) is 6.42 Å². The summed E-state index contributed by atoms with van der Waals surface area (Å²) in [5.74, 6) is -0.302. The van der Waals surface area contributed by atoms with Gasteiger partial charge in [0.15, 0.2) is 0 Å². The molecule has 0 unspecified atom stereocenters. The van der Waals surface area contributed by atoms with Gasteiger partial charge in [0.1, 0.15) is 12.7 Å². The Morgan fingerprint density at radius 1 is 1.24 bits per heavy atom. The van der Waals surface area contributed by atoms with E-state index in [0.717, 1.165) is 32.1 Å². The second-order valence-corrected chi connectivity index (χ2v) is 4.11. The molecule has 0 aliphatic rings. The van der Waals surface area contributed by atoms with Crippen LogP contribution in [-0.4, -0.2) is 35.5 Å². The number of aliphatic hydroxyl groups is 2. The molecule has 4 nitrogen and oxygen atoms in total. The fourth-order valence-corrected chi connectivity index (χ4v) is 1.40. The lowest BCUT2D eigenvalue weighted by Gasteiger charge is -2.08. The summed E-state index contributed by atoms with van der Waals surface area (Å²) in [5, 5.41) is 17.5. The normalized spacial score (nSPS) is 12.1. The van der Waals surface area contributed by atoms with Crippen LogP contribution in [0, 0.1) is 0 Å². The Morgan fingerprint density at radius 3 is 2.53 bits per heavy atom. The third-order valence-electron chi connectivity index (χ3n) is 2.44. The zero-order chi connectivity index (χ0) is 12.9. The molecule has 0 heterocycles. The van der Waals surface area contributed by atoms with Crippen molar-refractivity contribution in [2.24, 2.45) is 0 Å². The minimum Gasteiger partial charge on any atom is -0.463 e. The van der Waals surface area contributed by atoms with E-state index in [-0.39, 0.29) is 19.2 Å². The molecular formula is C13H24O4. The third kappa shape index (κ3) is 11.4. The first-order chi connectivity index (χ1) is 8.20. The van der Waals surface area contributed by atoms with Crippen LogP contribution >= 0.6 is 0 Å². The van der Waals surface area contributed by atoms with Crippen LogP contribution in [0.15, 0.2) is 12.7 Å². The van der Waals surface area contributed by atoms with Crippen molar-refractivity contribution in [3.05, 3.63) is 12.7 Å². The predicted octanol–water partition coefficient (Wildman–Crippen LogP) is 1.80. The maximum absolute atomic E-state index is 11.2. The number of allylic oxidation sites excluding steroid dienone is 1. The molecule has 0 radical (unpaired) electrons. The summed E-state index contributed by atoms with van der Waals surface area (Å²) in [7, 11) is 0. The second-order valence-electron chi connectivity index (χ2n) is 4.11. The van der Waals surface area contributed by atoms with Gasteiger partial charge in [-0.25, -0.2) is 0 Å². The van der Waals surface area contributed by atoms with Gasteiger partial charge in [-0.1, -0.05) is 25.3 Å². The van der Waals surface area contributed by atoms with Crippen LogP contribution in [0.5, 0.6) is 0 Å². The minimum atomic E-state index is -0.960. The van der Waals surface area contributed by atoms with Gasteiger partial charge in [0.05, 0.1) is 6.61 Å². The van der Waals surface area contributed by atoms with E-state index in [1.54, 1.807) is 0 Å². The Morgan fingerprint density at radius 2 is 1.88 bits per heavy atom. The van der Waals surface area contributed by atoms with Crippen molar-refractivity contribution in [3.63, 3.8) is 0 Å². The quantitative estimate of drug-likeness (QED) is 0.330. The monoisotopic (exact) mass is 244 g/mol. The lowest BCUT2D eigenvalue weighted by atomic mass is 10.1. The van der Waals surface area contributed by atoms with Gasteiger partial charge in [-0.15, -0.1) is 6.58 Å². The Balaban J connectivity index is 3.24. The molecule has 0 rings (SSSR count). The van der Waals surface area contributed by atoms with Gasteiger partial charge < -0.3 is 14.9 Å². The second kappa shape index (κ2) is 11.6. The van der Waals surface area contributed by atoms with E-state index in [4.69, 9.17) is 14.9 Å². The largest absolute Gasteiger partial charge is 0.463 e. The van der Waals surface area contributed by atoms with Crippen molar-refractivity contribution >= 4 is 5.97 Å². The number of rotatable bonds is 11. The van der Waals surface area contributed by atoms with E-state index in [9.17, 15) is 4.79 Å². The number of esters is 1. The van der Waals surface area contributed by atoms with Crippen LogP contribution in [0.25, 0.3) is 0 Å². The number of unbranched alkanes of at least 4 members (excludes halogenated alkanes) is 5. The molecule has 4 heteroatoms. The van der Waals surface area contributed by atoms with Gasteiger partial charge in [0.2, 0.25) is 0 Å². The molecule has 0 fully saturated rings. The van der Waals surface area contributed by atoms with Crippen LogP contribution in [0.4, 0.5) is 0 Å². The molecule has 0 saturated carbocycles. The average Bonchev–Trinajstić information content (AvgIpc) is 2.34. The molecule has 0 saturated heterocycles. The Hall–Kier alpha value is -0.870. The maximum atomic E-state index is 11.2. The summed E-state index contributed by atoms with van der Waals surface area (Å²) in [6, 6.07) is 0. The zero-order valence-corrected chi connectivity index (χ0v) is 10.4. The molecule has 17 heavy (non-hydrogen) atoms. The van der Waals surface area contributed by atoms with Gasteiger partial charge in [0, 0.05) is 6.42 Å². The van der Waals surface area contributed by atoms with Crippen molar-refractivity contribution in [2.45, 2.75) is 51.0 Å². The van der Waals surface area contributed by atoms with Crippen LogP contribution < -0.4 is 0 Å². The summed E-state index contributed by atoms with van der Waals surface area (Å²) in [5.41, 5.74) is 0. The molecule has 0 aliphatic heterocycles. The average molecular weight is 244 g/mol. The number of ether oxygens (including phenoxy) is 1. The van der Waals surface area contributed by atoms with Crippen molar-refractivity contribution in [2.75, 3.05) is 13.2 Å². The zero-order valence-electron chi connectivity index (χ0n) is 10.4. The van der Waals surface area contributed by atoms with Crippen LogP contribution in [-0.2, 0) is 9.53 Å². The standard InChI is InChI=1S/C13H24O4/c1-2-3-4-5-6-7-8-9-13(16)17-11-12(15)10-14/h2,12,14-15H,1,3-11H2/t12-/m0/s1. The SMILES string of the molecule is C=CCCCCCCCC(=O)OC[C@@H](O)CO. The highest BCUT2D eigenvalue weighted by Gasteiger charge is 2.07. The summed E-state index contributed by atoms with van der Waals surface area (Å²) in [6.07, 6.45) is 7.71. The van der Waals surface area contributed by atoms with E-state index >= 15 is 0 Å². The number of aliphatic hydroxyl groups excluding tert-OH is 2. The number of carbonyl (C=O) groups excluding carboxylic acids is 1. The van der Waals surface area contributed by atoms with Crippen molar-refractivity contribution in [1.82, 2.24) is 0 Å². The van der Waals surface area contributed by atoms with E-state index < -0.39 is 6.10 Å². The molecule has 1 atom stereocenters. The highest BCUT2D eigenvalue weighted by Crippen LogP contribution is 2.07. The molecule has 100 valence electrons. The molecule has 0 spiro atoms. The Kier molecular flexibility index (Phi) is 11.0. The smallest absolute Gasteiger partial charge is 0.305 e. The fraction of sp³-hybridized carbons (Fsp3) is 0.769. The van der Waals surface area contributed by atoms with Gasteiger partial charge in [-0.2, -0.15) is 0 Å². The summed E-state index contributed by atoms with van der Waals surface area (Å²) in [4.78, 5) is 11.2. The van der Waals surface area contributed by atoms with E-state index in [2.05, 4.69) is 6.58 Å². The Bertz CT molecular complexity index is 204. The molecule has 0 aromatic heterocycles. The number of hydrogen-bond donors (Lipinski definition) is 2. The van der Waals surface area contributed by atoms with Crippen LogP contribution in [0.2, 0.25) is 0 Å². The van der Waals surface area contributed by atoms with Crippen molar-refractivity contribution < 1.29 is 19.7 Å². The number of carbonyl (C=O) groups is 1. The molecule has 0 aromatic carbocycles. The molecule has 0 aromatic rings. The first-order valence-corrected chi connectivity index (χ1v) is 6.26. The van der Waals surface area contributed by atoms with Gasteiger partial charge >= 0.3 is 5.97 Å². The lowest BCUT2D eigenvalue weighted by Crippen LogP contribution is -2.21. The molecule has 0 amide bonds. The molecule has 0 aliphatic carbocycles. The van der Waals surface area contributed by atoms with Gasteiger partial charge in [0.25, 0.3) is 0 Å². The van der Waals surface area contributed by atoms with Gasteiger partial charge in [-0.3, -0.25) is 4.79 Å². The third-order valence-corrected chi connectivity index (χ3v) is 2.44. The predicted molar refractivity (Wildman–Crippen MR) is 66.6 cm³/mol. The highest BCUT2D eigenvalue weighted by atomic mass is 16.5. The fourth-order valence-electron chi connectivity index (χ4n) is 1.40. The summed E-state index contributed by atoms with van der Waals surface area (Å²) >= 11 is 0. The highest BCUT2D eigenvalue weighted by molar-refractivity contribution is 5.69.